The number of ether oxygens (including phenoxy) is 3. The highest BCUT2D eigenvalue weighted by molar-refractivity contribution is 5.92. The summed E-state index contributed by atoms with van der Waals surface area (Å²) in [6.45, 7) is 4.99. The van der Waals surface area contributed by atoms with Gasteiger partial charge in [0.2, 0.25) is 0 Å². The summed E-state index contributed by atoms with van der Waals surface area (Å²) in [5.41, 5.74) is 2.45. The highest BCUT2D eigenvalue weighted by atomic mass is 16.5. The monoisotopic (exact) mass is 404 g/mol. The number of rotatable bonds is 5. The van der Waals surface area contributed by atoms with Crippen LogP contribution >= 0.6 is 0 Å². The van der Waals surface area contributed by atoms with Crippen LogP contribution in [-0.4, -0.2) is 17.9 Å². The van der Waals surface area contributed by atoms with Crippen LogP contribution in [-0.2, 0) is 4.79 Å². The highest BCUT2D eigenvalue weighted by Crippen LogP contribution is 2.25. The van der Waals surface area contributed by atoms with Gasteiger partial charge < -0.3 is 14.2 Å². The lowest BCUT2D eigenvalue weighted by atomic mass is 10.1. The quantitative estimate of drug-likeness (QED) is 0.454. The van der Waals surface area contributed by atoms with Gasteiger partial charge in [-0.15, -0.1) is 0 Å². The van der Waals surface area contributed by atoms with E-state index >= 15 is 0 Å². The summed E-state index contributed by atoms with van der Waals surface area (Å²) in [6.07, 6.45) is 0. The lowest BCUT2D eigenvalue weighted by Gasteiger charge is -2.10. The van der Waals surface area contributed by atoms with Crippen LogP contribution in [0.15, 0.2) is 66.7 Å². The van der Waals surface area contributed by atoms with Gasteiger partial charge in [0.1, 0.15) is 17.2 Å². The first-order chi connectivity index (χ1) is 14.3. The molecule has 0 aliphatic rings. The molecule has 0 aromatic heterocycles. The maximum atomic E-state index is 12.3. The van der Waals surface area contributed by atoms with Crippen molar-refractivity contribution in [3.05, 3.63) is 89.0 Å². The lowest BCUT2D eigenvalue weighted by Crippen LogP contribution is -2.10. The second-order valence-corrected chi connectivity index (χ2v) is 6.69. The number of benzene rings is 3. The van der Waals surface area contributed by atoms with E-state index in [4.69, 9.17) is 14.2 Å². The zero-order valence-electron chi connectivity index (χ0n) is 16.8. The van der Waals surface area contributed by atoms with Crippen molar-refractivity contribution in [1.29, 1.82) is 0 Å². The molecule has 0 heterocycles. The second-order valence-electron chi connectivity index (χ2n) is 6.69. The minimum absolute atomic E-state index is 0.304. The van der Waals surface area contributed by atoms with E-state index in [9.17, 15) is 14.4 Å². The number of esters is 3. The number of hydrogen-bond donors (Lipinski definition) is 0. The molecule has 0 atom stereocenters. The van der Waals surface area contributed by atoms with Gasteiger partial charge in [0.25, 0.3) is 0 Å². The third-order valence-corrected chi connectivity index (χ3v) is 4.20. The van der Waals surface area contributed by atoms with Crippen molar-refractivity contribution in [2.24, 2.45) is 0 Å². The van der Waals surface area contributed by atoms with Crippen molar-refractivity contribution in [3.8, 4) is 17.2 Å². The van der Waals surface area contributed by atoms with Gasteiger partial charge in [0.05, 0.1) is 11.1 Å². The standard InChI is InChI=1S/C24H20O6/c1-15-4-6-18(7-5-15)24(27)30-22-13-12-21(14-16(22)2)29-23(26)19-8-10-20(11-9-19)28-17(3)25/h4-14H,1-3H3. The van der Waals surface area contributed by atoms with Crippen molar-refractivity contribution in [2.45, 2.75) is 20.8 Å². The van der Waals surface area contributed by atoms with Crippen LogP contribution in [0.25, 0.3) is 0 Å². The molecule has 152 valence electrons. The number of hydrogen-bond acceptors (Lipinski definition) is 6. The number of carbonyl (C=O) groups is 3. The normalized spacial score (nSPS) is 10.2. The Balaban J connectivity index is 1.66. The summed E-state index contributed by atoms with van der Waals surface area (Å²) in [5.74, 6) is -0.426. The predicted octanol–water partition coefficient (Wildman–Crippen LogP) is 4.67. The van der Waals surface area contributed by atoms with Crippen LogP contribution < -0.4 is 14.2 Å². The largest absolute Gasteiger partial charge is 0.427 e. The molecule has 0 radical (unpaired) electrons. The molecule has 0 aliphatic carbocycles. The Labute approximate surface area is 174 Å². The maximum Gasteiger partial charge on any atom is 0.343 e. The molecular formula is C24H20O6. The average Bonchev–Trinajstić information content (AvgIpc) is 2.70. The van der Waals surface area contributed by atoms with Crippen molar-refractivity contribution < 1.29 is 28.6 Å². The molecule has 0 unspecified atom stereocenters. The third kappa shape index (κ3) is 5.32. The maximum absolute atomic E-state index is 12.3. The minimum Gasteiger partial charge on any atom is -0.427 e. The van der Waals surface area contributed by atoms with Gasteiger partial charge in [-0.05, 0) is 74.0 Å². The molecule has 6 nitrogen and oxygen atoms in total. The summed E-state index contributed by atoms with van der Waals surface area (Å²) >= 11 is 0. The van der Waals surface area contributed by atoms with Crippen molar-refractivity contribution in [1.82, 2.24) is 0 Å². The van der Waals surface area contributed by atoms with E-state index in [1.807, 2.05) is 19.1 Å². The molecular weight excluding hydrogens is 384 g/mol. The molecule has 6 heteroatoms. The molecule has 3 rings (SSSR count). The number of carbonyl (C=O) groups excluding carboxylic acids is 3. The van der Waals surface area contributed by atoms with Crippen LogP contribution in [0.2, 0.25) is 0 Å². The Bertz CT molecular complexity index is 1080. The van der Waals surface area contributed by atoms with Gasteiger partial charge in [-0.1, -0.05) is 17.7 Å². The van der Waals surface area contributed by atoms with E-state index in [2.05, 4.69) is 0 Å². The van der Waals surface area contributed by atoms with E-state index in [0.29, 0.717) is 33.9 Å². The first kappa shape index (κ1) is 20.8. The molecule has 30 heavy (non-hydrogen) atoms. The average molecular weight is 404 g/mol. The zero-order chi connectivity index (χ0) is 21.7. The van der Waals surface area contributed by atoms with Crippen LogP contribution in [0, 0.1) is 13.8 Å². The van der Waals surface area contributed by atoms with Gasteiger partial charge in [0, 0.05) is 6.92 Å². The minimum atomic E-state index is -0.562. The van der Waals surface area contributed by atoms with E-state index in [1.54, 1.807) is 37.3 Å². The Kier molecular flexibility index (Phi) is 6.27. The van der Waals surface area contributed by atoms with E-state index in [0.717, 1.165) is 5.56 Å². The fourth-order valence-corrected chi connectivity index (χ4v) is 2.64. The molecule has 3 aromatic rings. The molecule has 0 spiro atoms. The van der Waals surface area contributed by atoms with E-state index in [1.165, 1.54) is 31.2 Å². The summed E-state index contributed by atoms with van der Waals surface area (Å²) in [5, 5.41) is 0. The second kappa shape index (κ2) is 9.05. The molecule has 0 fully saturated rings. The lowest BCUT2D eigenvalue weighted by molar-refractivity contribution is -0.131. The first-order valence-electron chi connectivity index (χ1n) is 9.22. The number of aryl methyl sites for hydroxylation is 2. The topological polar surface area (TPSA) is 78.9 Å². The Hall–Kier alpha value is -3.93. The third-order valence-electron chi connectivity index (χ3n) is 4.20. The van der Waals surface area contributed by atoms with Crippen LogP contribution in [0.5, 0.6) is 17.2 Å². The Morgan fingerprint density at radius 2 is 1.17 bits per heavy atom. The van der Waals surface area contributed by atoms with E-state index in [-0.39, 0.29) is 0 Å². The molecule has 0 N–H and O–H groups in total. The molecule has 0 amide bonds. The van der Waals surface area contributed by atoms with Gasteiger partial charge in [-0.2, -0.15) is 0 Å². The summed E-state index contributed by atoms with van der Waals surface area (Å²) in [6, 6.07) is 17.9. The fraction of sp³-hybridized carbons (Fsp3) is 0.125. The highest BCUT2D eigenvalue weighted by Gasteiger charge is 2.13. The van der Waals surface area contributed by atoms with E-state index < -0.39 is 17.9 Å². The Morgan fingerprint density at radius 3 is 1.73 bits per heavy atom. The van der Waals surface area contributed by atoms with Crippen molar-refractivity contribution in [2.75, 3.05) is 0 Å². The van der Waals surface area contributed by atoms with Gasteiger partial charge in [-0.3, -0.25) is 4.79 Å². The van der Waals surface area contributed by atoms with Crippen LogP contribution in [0.1, 0.15) is 38.8 Å². The SMILES string of the molecule is CC(=O)Oc1ccc(C(=O)Oc2ccc(OC(=O)c3ccc(C)cc3)c(C)c2)cc1. The Morgan fingerprint density at radius 1 is 0.633 bits per heavy atom. The van der Waals surface area contributed by atoms with Crippen LogP contribution in [0.3, 0.4) is 0 Å². The summed E-state index contributed by atoms with van der Waals surface area (Å²) < 4.78 is 15.7. The van der Waals surface area contributed by atoms with Gasteiger partial charge >= 0.3 is 17.9 Å². The molecule has 0 saturated heterocycles. The van der Waals surface area contributed by atoms with Crippen molar-refractivity contribution >= 4 is 17.9 Å². The summed E-state index contributed by atoms with van der Waals surface area (Å²) in [7, 11) is 0. The fourth-order valence-electron chi connectivity index (χ4n) is 2.64. The van der Waals surface area contributed by atoms with Crippen molar-refractivity contribution in [3.63, 3.8) is 0 Å². The molecule has 3 aromatic carbocycles. The van der Waals surface area contributed by atoms with Gasteiger partial charge in [-0.25, -0.2) is 9.59 Å². The smallest absolute Gasteiger partial charge is 0.343 e. The predicted molar refractivity (Wildman–Crippen MR) is 110 cm³/mol. The van der Waals surface area contributed by atoms with Crippen LogP contribution in [0.4, 0.5) is 0 Å². The first-order valence-corrected chi connectivity index (χ1v) is 9.22. The molecule has 0 bridgehead atoms. The molecule has 0 saturated carbocycles. The molecule has 0 aliphatic heterocycles. The summed E-state index contributed by atoms with van der Waals surface area (Å²) in [4.78, 5) is 35.5. The van der Waals surface area contributed by atoms with Gasteiger partial charge in [0.15, 0.2) is 0 Å². The zero-order valence-corrected chi connectivity index (χ0v) is 16.8.